The van der Waals surface area contributed by atoms with E-state index < -0.39 is 5.97 Å². The maximum absolute atomic E-state index is 10.8. The van der Waals surface area contributed by atoms with E-state index in [9.17, 15) is 4.79 Å². The molecule has 0 aliphatic rings. The molecule has 3 nitrogen and oxygen atoms in total. The zero-order valence-electron chi connectivity index (χ0n) is 6.78. The van der Waals surface area contributed by atoms with Crippen molar-refractivity contribution in [3.63, 3.8) is 0 Å². The van der Waals surface area contributed by atoms with E-state index >= 15 is 0 Å². The van der Waals surface area contributed by atoms with E-state index in [2.05, 4.69) is 4.74 Å². The largest absolute Gasteiger partial charge is 0.508 e. The van der Waals surface area contributed by atoms with Crippen LogP contribution in [0, 0.1) is 0 Å². The molecule has 0 amide bonds. The van der Waals surface area contributed by atoms with Gasteiger partial charge in [-0.2, -0.15) is 0 Å². The molecule has 1 N–H and O–H groups in total. The zero-order chi connectivity index (χ0) is 8.27. The summed E-state index contributed by atoms with van der Waals surface area (Å²) in [4.78, 5) is 10.8. The third-order valence-electron chi connectivity index (χ3n) is 1.29. The number of esters is 1. The number of carbonyl (C=O) groups is 1. The standard InChI is InChI=1S/C8H8O3.Ca/c1-11-8(10)6-2-4-7(9)5-3-6;/h2-5,9H,1H3;. The van der Waals surface area contributed by atoms with Gasteiger partial charge < -0.3 is 9.84 Å². The van der Waals surface area contributed by atoms with Crippen LogP contribution in [0.5, 0.6) is 5.75 Å². The summed E-state index contributed by atoms with van der Waals surface area (Å²) >= 11 is 0. The van der Waals surface area contributed by atoms with E-state index in [1.807, 2.05) is 0 Å². The van der Waals surface area contributed by atoms with Gasteiger partial charge in [0, 0.05) is 37.7 Å². The molecule has 2 radical (unpaired) electrons. The first-order valence-electron chi connectivity index (χ1n) is 3.11. The second kappa shape index (κ2) is 5.40. The van der Waals surface area contributed by atoms with Gasteiger partial charge >= 0.3 is 5.97 Å². The van der Waals surface area contributed by atoms with Crippen molar-refractivity contribution in [3.8, 4) is 5.75 Å². The quantitative estimate of drug-likeness (QED) is 0.528. The minimum absolute atomic E-state index is 0. The van der Waals surface area contributed by atoms with Gasteiger partial charge in [0.2, 0.25) is 0 Å². The maximum Gasteiger partial charge on any atom is 0.337 e. The minimum Gasteiger partial charge on any atom is -0.508 e. The van der Waals surface area contributed by atoms with Gasteiger partial charge in [-0.05, 0) is 24.3 Å². The second-order valence-corrected chi connectivity index (χ2v) is 2.04. The van der Waals surface area contributed by atoms with Gasteiger partial charge in [0.05, 0.1) is 12.7 Å². The van der Waals surface area contributed by atoms with Crippen LogP contribution in [0.3, 0.4) is 0 Å². The van der Waals surface area contributed by atoms with Crippen LogP contribution in [0.2, 0.25) is 0 Å². The number of carbonyl (C=O) groups excluding carboxylic acids is 1. The summed E-state index contributed by atoms with van der Waals surface area (Å²) < 4.78 is 4.46. The molecule has 0 spiro atoms. The van der Waals surface area contributed by atoms with Crippen LogP contribution in [0.4, 0.5) is 0 Å². The SMILES string of the molecule is COC(=O)c1ccc(O)cc1.[Ca]. The molecule has 0 aliphatic heterocycles. The average Bonchev–Trinajstić information content (AvgIpc) is 2.05. The van der Waals surface area contributed by atoms with Crippen LogP contribution in [-0.4, -0.2) is 55.9 Å². The van der Waals surface area contributed by atoms with Crippen LogP contribution >= 0.6 is 0 Å². The Morgan fingerprint density at radius 1 is 1.33 bits per heavy atom. The first-order valence-corrected chi connectivity index (χ1v) is 3.11. The normalized spacial score (nSPS) is 8.42. The van der Waals surface area contributed by atoms with Crippen molar-refractivity contribution in [3.05, 3.63) is 29.8 Å². The molecule has 0 bridgehead atoms. The number of phenolic OH excluding ortho intramolecular Hbond substituents is 1. The van der Waals surface area contributed by atoms with Crippen molar-refractivity contribution in [2.75, 3.05) is 7.11 Å². The maximum atomic E-state index is 10.8. The molecular weight excluding hydrogens is 184 g/mol. The number of hydrogen-bond donors (Lipinski definition) is 1. The molecule has 0 aromatic heterocycles. The molecule has 4 heteroatoms. The number of aromatic hydroxyl groups is 1. The number of benzene rings is 1. The molecule has 0 saturated heterocycles. The monoisotopic (exact) mass is 192 g/mol. The molecule has 12 heavy (non-hydrogen) atoms. The van der Waals surface area contributed by atoms with E-state index in [-0.39, 0.29) is 43.5 Å². The Morgan fingerprint density at radius 2 is 1.83 bits per heavy atom. The fraction of sp³-hybridized carbons (Fsp3) is 0.125. The summed E-state index contributed by atoms with van der Waals surface area (Å²) in [5.74, 6) is -0.261. The van der Waals surface area contributed by atoms with E-state index in [0.29, 0.717) is 5.56 Å². The zero-order valence-corrected chi connectivity index (χ0v) is 8.99. The van der Waals surface area contributed by atoms with Crippen LogP contribution in [0.15, 0.2) is 24.3 Å². The Labute approximate surface area is 100 Å². The van der Waals surface area contributed by atoms with Crippen LogP contribution < -0.4 is 0 Å². The number of phenols is 1. The molecule has 60 valence electrons. The van der Waals surface area contributed by atoms with E-state index in [1.54, 1.807) is 0 Å². The van der Waals surface area contributed by atoms with Crippen molar-refractivity contribution in [1.82, 2.24) is 0 Å². The van der Waals surface area contributed by atoms with Crippen molar-refractivity contribution >= 4 is 43.7 Å². The van der Waals surface area contributed by atoms with Gasteiger partial charge in [0.1, 0.15) is 5.75 Å². The predicted molar refractivity (Wildman–Crippen MR) is 45.2 cm³/mol. The van der Waals surface area contributed by atoms with Gasteiger partial charge in [-0.15, -0.1) is 0 Å². The predicted octanol–water partition coefficient (Wildman–Crippen LogP) is 0.798. The molecule has 1 aromatic rings. The Balaban J connectivity index is 0.00000121. The van der Waals surface area contributed by atoms with E-state index in [0.717, 1.165) is 0 Å². The topological polar surface area (TPSA) is 46.5 Å². The summed E-state index contributed by atoms with van der Waals surface area (Å²) in [5.41, 5.74) is 0.435. The van der Waals surface area contributed by atoms with Crippen molar-refractivity contribution in [2.24, 2.45) is 0 Å². The summed E-state index contributed by atoms with van der Waals surface area (Å²) in [5, 5.41) is 8.86. The third kappa shape index (κ3) is 3.01. The first-order chi connectivity index (χ1) is 5.24. The molecule has 1 aromatic carbocycles. The average molecular weight is 192 g/mol. The van der Waals surface area contributed by atoms with Crippen LogP contribution in [0.1, 0.15) is 10.4 Å². The number of methoxy groups -OCH3 is 1. The number of hydrogen-bond acceptors (Lipinski definition) is 3. The van der Waals surface area contributed by atoms with E-state index in [4.69, 9.17) is 5.11 Å². The minimum atomic E-state index is -0.398. The second-order valence-electron chi connectivity index (χ2n) is 2.04. The smallest absolute Gasteiger partial charge is 0.337 e. The number of rotatable bonds is 1. The van der Waals surface area contributed by atoms with Gasteiger partial charge in [-0.25, -0.2) is 4.79 Å². The van der Waals surface area contributed by atoms with E-state index in [1.165, 1.54) is 31.4 Å². The van der Waals surface area contributed by atoms with Crippen molar-refractivity contribution < 1.29 is 14.6 Å². The van der Waals surface area contributed by atoms with Gasteiger partial charge in [0.15, 0.2) is 0 Å². The molecule has 0 saturated carbocycles. The summed E-state index contributed by atoms with van der Waals surface area (Å²) in [7, 11) is 1.31. The molecule has 0 aliphatic carbocycles. The Kier molecular flexibility index (Phi) is 5.29. The molecule has 0 fully saturated rings. The van der Waals surface area contributed by atoms with Crippen LogP contribution in [0.25, 0.3) is 0 Å². The van der Waals surface area contributed by atoms with Crippen molar-refractivity contribution in [2.45, 2.75) is 0 Å². The van der Waals surface area contributed by atoms with Gasteiger partial charge in [0.25, 0.3) is 0 Å². The number of ether oxygens (including phenoxy) is 1. The van der Waals surface area contributed by atoms with Crippen LogP contribution in [-0.2, 0) is 4.74 Å². The van der Waals surface area contributed by atoms with Gasteiger partial charge in [-0.3, -0.25) is 0 Å². The summed E-state index contributed by atoms with van der Waals surface area (Å²) in [6.45, 7) is 0. The fourth-order valence-electron chi connectivity index (χ4n) is 0.715. The fourth-order valence-corrected chi connectivity index (χ4v) is 0.715. The summed E-state index contributed by atoms with van der Waals surface area (Å²) in [6.07, 6.45) is 0. The Morgan fingerprint density at radius 3 is 2.25 bits per heavy atom. The van der Waals surface area contributed by atoms with Crippen molar-refractivity contribution in [1.29, 1.82) is 0 Å². The summed E-state index contributed by atoms with van der Waals surface area (Å²) in [6, 6.07) is 5.88. The molecule has 0 atom stereocenters. The van der Waals surface area contributed by atoms with Gasteiger partial charge in [-0.1, -0.05) is 0 Å². The Bertz CT molecular complexity index is 256. The molecule has 1 rings (SSSR count). The molecule has 0 unspecified atom stereocenters. The third-order valence-corrected chi connectivity index (χ3v) is 1.29. The molecule has 0 heterocycles. The molecular formula is C8H8CaO3. The first kappa shape index (κ1) is 11.7. The Hall–Kier alpha value is -0.250.